The van der Waals surface area contributed by atoms with E-state index in [9.17, 15) is 4.79 Å². The smallest absolute Gasteiger partial charge is 0.378 e. The van der Waals surface area contributed by atoms with Crippen molar-refractivity contribution in [1.29, 1.82) is 0 Å². The van der Waals surface area contributed by atoms with Gasteiger partial charge in [-0.2, -0.15) is 0 Å². The minimum absolute atomic E-state index is 0.104. The lowest BCUT2D eigenvalue weighted by Gasteiger charge is -1.82. The second-order valence-electron chi connectivity index (χ2n) is 1.20. The Morgan fingerprint density at radius 2 is 2.50 bits per heavy atom. The summed E-state index contributed by atoms with van der Waals surface area (Å²) < 4.78 is 4.31. The molecule has 0 aromatic carbocycles. The van der Waals surface area contributed by atoms with Crippen LogP contribution in [0.3, 0.4) is 0 Å². The van der Waals surface area contributed by atoms with Gasteiger partial charge in [-0.3, -0.25) is 0 Å². The summed E-state index contributed by atoms with van der Waals surface area (Å²) in [7, 11) is 0. The molecule has 8 heavy (non-hydrogen) atoms. The maximum atomic E-state index is 10.3. The minimum atomic E-state index is -0.590. The van der Waals surface area contributed by atoms with E-state index in [-0.39, 0.29) is 5.82 Å². The van der Waals surface area contributed by atoms with Gasteiger partial charge in [0.1, 0.15) is 6.26 Å². The SMILES string of the molecule is Nc1nccoc1=O. The van der Waals surface area contributed by atoms with Crippen molar-refractivity contribution in [1.82, 2.24) is 4.98 Å². The molecule has 4 heteroatoms. The van der Waals surface area contributed by atoms with Crippen LogP contribution in [0.15, 0.2) is 21.7 Å². The maximum Gasteiger partial charge on any atom is 0.378 e. The van der Waals surface area contributed by atoms with Gasteiger partial charge in [-0.05, 0) is 0 Å². The molecule has 2 N–H and O–H groups in total. The van der Waals surface area contributed by atoms with E-state index in [0.717, 1.165) is 0 Å². The summed E-state index contributed by atoms with van der Waals surface area (Å²) in [4.78, 5) is 13.7. The van der Waals surface area contributed by atoms with E-state index < -0.39 is 5.63 Å². The van der Waals surface area contributed by atoms with Crippen LogP contribution in [-0.2, 0) is 0 Å². The van der Waals surface area contributed by atoms with Gasteiger partial charge in [-0.1, -0.05) is 0 Å². The molecule has 1 aromatic rings. The topological polar surface area (TPSA) is 69.1 Å². The van der Waals surface area contributed by atoms with Crippen LogP contribution in [0.1, 0.15) is 0 Å². The van der Waals surface area contributed by atoms with Crippen LogP contribution < -0.4 is 11.4 Å². The standard InChI is InChI=1S/C4H4N2O2/c5-3-4(7)8-2-1-6-3/h1-2H,(H2,5,6). The summed E-state index contributed by atoms with van der Waals surface area (Å²) in [5, 5.41) is 0. The number of rotatable bonds is 0. The van der Waals surface area contributed by atoms with E-state index in [1.165, 1.54) is 12.5 Å². The Kier molecular flexibility index (Phi) is 0.997. The predicted octanol–water partition coefficient (Wildman–Crippen LogP) is -0.383. The number of nitrogens with zero attached hydrogens (tertiary/aromatic N) is 1. The van der Waals surface area contributed by atoms with Crippen LogP contribution >= 0.6 is 0 Å². The zero-order chi connectivity index (χ0) is 5.98. The van der Waals surface area contributed by atoms with E-state index >= 15 is 0 Å². The summed E-state index contributed by atoms with van der Waals surface area (Å²) >= 11 is 0. The number of hydrogen-bond donors (Lipinski definition) is 1. The molecule has 0 bridgehead atoms. The van der Waals surface area contributed by atoms with Gasteiger partial charge in [-0.25, -0.2) is 9.78 Å². The molecule has 0 amide bonds. The van der Waals surface area contributed by atoms with Crippen molar-refractivity contribution >= 4 is 5.82 Å². The van der Waals surface area contributed by atoms with Crippen LogP contribution in [0, 0.1) is 0 Å². The largest absolute Gasteiger partial charge is 0.427 e. The average Bonchev–Trinajstić information content (AvgIpc) is 1.77. The Bertz CT molecular complexity index is 229. The molecular weight excluding hydrogens is 108 g/mol. The lowest BCUT2D eigenvalue weighted by molar-refractivity contribution is 0.507. The molecule has 42 valence electrons. The fourth-order valence-corrected chi connectivity index (χ4v) is 0.316. The molecule has 0 fully saturated rings. The minimum Gasteiger partial charge on any atom is -0.427 e. The molecule has 1 heterocycles. The number of hydrogen-bond acceptors (Lipinski definition) is 4. The van der Waals surface area contributed by atoms with Crippen LogP contribution in [-0.4, -0.2) is 4.98 Å². The highest BCUT2D eigenvalue weighted by atomic mass is 16.4. The first kappa shape index (κ1) is 4.83. The van der Waals surface area contributed by atoms with E-state index in [2.05, 4.69) is 9.40 Å². The number of nitrogens with two attached hydrogens (primary N) is 1. The third kappa shape index (κ3) is 0.676. The Labute approximate surface area is 45.0 Å². The normalized spacial score (nSPS) is 9.00. The molecule has 0 aliphatic heterocycles. The molecule has 4 nitrogen and oxygen atoms in total. The highest BCUT2D eigenvalue weighted by Gasteiger charge is 1.89. The van der Waals surface area contributed by atoms with Gasteiger partial charge in [-0.15, -0.1) is 0 Å². The van der Waals surface area contributed by atoms with Gasteiger partial charge in [0, 0.05) is 0 Å². The van der Waals surface area contributed by atoms with E-state index in [0.29, 0.717) is 0 Å². The van der Waals surface area contributed by atoms with Crippen molar-refractivity contribution in [3.05, 3.63) is 22.9 Å². The molecule has 0 saturated carbocycles. The van der Waals surface area contributed by atoms with E-state index in [1.54, 1.807) is 0 Å². The van der Waals surface area contributed by atoms with Crippen LogP contribution in [0.4, 0.5) is 5.82 Å². The Morgan fingerprint density at radius 1 is 1.75 bits per heavy atom. The van der Waals surface area contributed by atoms with E-state index in [1.807, 2.05) is 0 Å². The van der Waals surface area contributed by atoms with Gasteiger partial charge in [0.2, 0.25) is 5.82 Å². The second kappa shape index (κ2) is 1.65. The van der Waals surface area contributed by atoms with Crippen LogP contribution in [0.2, 0.25) is 0 Å². The fraction of sp³-hybridized carbons (Fsp3) is 0. The maximum absolute atomic E-state index is 10.3. The van der Waals surface area contributed by atoms with Gasteiger partial charge in [0.15, 0.2) is 0 Å². The van der Waals surface area contributed by atoms with Crippen molar-refractivity contribution < 1.29 is 4.42 Å². The summed E-state index contributed by atoms with van der Waals surface area (Å²) in [6.07, 6.45) is 2.50. The first-order chi connectivity index (χ1) is 3.80. The second-order valence-corrected chi connectivity index (χ2v) is 1.20. The van der Waals surface area contributed by atoms with Crippen molar-refractivity contribution in [3.63, 3.8) is 0 Å². The Balaban J connectivity index is 3.35. The van der Waals surface area contributed by atoms with Gasteiger partial charge >= 0.3 is 5.63 Å². The molecule has 0 saturated heterocycles. The molecule has 1 rings (SSSR count). The molecule has 1 aromatic heterocycles. The lowest BCUT2D eigenvalue weighted by atomic mass is 10.7. The van der Waals surface area contributed by atoms with Crippen molar-refractivity contribution in [2.24, 2.45) is 0 Å². The van der Waals surface area contributed by atoms with Gasteiger partial charge in [0.05, 0.1) is 6.20 Å². The van der Waals surface area contributed by atoms with E-state index in [4.69, 9.17) is 5.73 Å². The summed E-state index contributed by atoms with van der Waals surface area (Å²) in [5.74, 6) is -0.104. The van der Waals surface area contributed by atoms with Crippen LogP contribution in [0.25, 0.3) is 0 Å². The van der Waals surface area contributed by atoms with Gasteiger partial charge < -0.3 is 10.2 Å². The zero-order valence-corrected chi connectivity index (χ0v) is 4.00. The van der Waals surface area contributed by atoms with Crippen molar-refractivity contribution in [2.75, 3.05) is 5.73 Å². The third-order valence-electron chi connectivity index (χ3n) is 0.659. The first-order valence-electron chi connectivity index (χ1n) is 2.00. The van der Waals surface area contributed by atoms with Crippen LogP contribution in [0.5, 0.6) is 0 Å². The average molecular weight is 112 g/mol. The lowest BCUT2D eigenvalue weighted by Crippen LogP contribution is -2.06. The van der Waals surface area contributed by atoms with Gasteiger partial charge in [0.25, 0.3) is 0 Å². The van der Waals surface area contributed by atoms with Crippen molar-refractivity contribution in [3.8, 4) is 0 Å². The fourth-order valence-electron chi connectivity index (χ4n) is 0.316. The number of aromatic nitrogens is 1. The highest BCUT2D eigenvalue weighted by Crippen LogP contribution is 1.79. The quantitative estimate of drug-likeness (QED) is 0.496. The molecule has 0 atom stereocenters. The first-order valence-corrected chi connectivity index (χ1v) is 2.00. The molecule has 0 unspecified atom stereocenters. The number of anilines is 1. The molecule has 0 radical (unpaired) electrons. The summed E-state index contributed by atoms with van der Waals surface area (Å²) in [6, 6.07) is 0. The predicted molar refractivity (Wildman–Crippen MR) is 27.2 cm³/mol. The summed E-state index contributed by atoms with van der Waals surface area (Å²) in [6.45, 7) is 0. The Morgan fingerprint density at radius 3 is 2.88 bits per heavy atom. The summed E-state index contributed by atoms with van der Waals surface area (Å²) in [5.41, 5.74) is 4.41. The highest BCUT2D eigenvalue weighted by molar-refractivity contribution is 5.19. The molecular formula is C4H4N2O2. The number of nitrogen functional groups attached to an aromatic ring is 1. The monoisotopic (exact) mass is 112 g/mol. The Hall–Kier alpha value is -1.32. The third-order valence-corrected chi connectivity index (χ3v) is 0.659. The molecule has 0 aliphatic rings. The molecule has 0 spiro atoms. The van der Waals surface area contributed by atoms with Crippen molar-refractivity contribution in [2.45, 2.75) is 0 Å². The zero-order valence-electron chi connectivity index (χ0n) is 4.00. The molecule has 0 aliphatic carbocycles.